The number of hydrazine groups is 1. The van der Waals surface area contributed by atoms with Crippen molar-refractivity contribution in [2.75, 3.05) is 5.43 Å². The molecule has 19 heavy (non-hydrogen) atoms. The topological polar surface area (TPSA) is 136 Å². The number of hydrogen-bond donors (Lipinski definition) is 3. The summed E-state index contributed by atoms with van der Waals surface area (Å²) in [7, 11) is -3.72. The zero-order valence-corrected chi connectivity index (χ0v) is 10.8. The van der Waals surface area contributed by atoms with Crippen LogP contribution < -0.4 is 16.0 Å². The minimum absolute atomic E-state index is 0.0485. The first-order valence-electron chi connectivity index (χ1n) is 5.21. The third-order valence-corrected chi connectivity index (χ3v) is 3.51. The van der Waals surface area contributed by atoms with Gasteiger partial charge in [0, 0.05) is 0 Å². The average molecular weight is 284 g/mol. The maximum Gasteiger partial charge on any atom is 0.244 e. The third-order valence-electron chi connectivity index (χ3n) is 2.15. The summed E-state index contributed by atoms with van der Waals surface area (Å²) in [6.45, 7) is 1.67. The Balaban J connectivity index is 2.09. The van der Waals surface area contributed by atoms with Crippen LogP contribution in [0.25, 0.3) is 0 Å². The third kappa shape index (κ3) is 3.24. The van der Waals surface area contributed by atoms with Crippen LogP contribution in [0.2, 0.25) is 0 Å². The molecule has 10 heteroatoms. The zero-order chi connectivity index (χ0) is 13.9. The SMILES string of the molecule is Cc1cnc(CNS(=O)(=O)c2cnc(NN)nc2)o1. The van der Waals surface area contributed by atoms with Gasteiger partial charge in [0.05, 0.1) is 25.1 Å². The highest BCUT2D eigenvalue weighted by Crippen LogP contribution is 2.08. The van der Waals surface area contributed by atoms with Crippen molar-refractivity contribution in [2.45, 2.75) is 18.4 Å². The van der Waals surface area contributed by atoms with Gasteiger partial charge in [0.25, 0.3) is 0 Å². The molecule has 0 unspecified atom stereocenters. The summed E-state index contributed by atoms with van der Waals surface area (Å²) in [5, 5.41) is 0. The number of anilines is 1. The fourth-order valence-corrected chi connectivity index (χ4v) is 2.12. The van der Waals surface area contributed by atoms with E-state index in [1.807, 2.05) is 0 Å². The molecule has 2 rings (SSSR count). The second kappa shape index (κ2) is 5.30. The van der Waals surface area contributed by atoms with E-state index in [-0.39, 0.29) is 23.3 Å². The van der Waals surface area contributed by atoms with Gasteiger partial charge < -0.3 is 4.42 Å². The van der Waals surface area contributed by atoms with E-state index in [1.54, 1.807) is 6.92 Å². The van der Waals surface area contributed by atoms with Crippen molar-refractivity contribution >= 4 is 16.0 Å². The van der Waals surface area contributed by atoms with Crippen molar-refractivity contribution in [3.63, 3.8) is 0 Å². The number of nitrogens with zero attached hydrogens (tertiary/aromatic N) is 3. The lowest BCUT2D eigenvalue weighted by Crippen LogP contribution is -2.24. The Hall–Kier alpha value is -2.04. The number of oxazole rings is 1. The summed E-state index contributed by atoms with van der Waals surface area (Å²) in [6, 6.07) is 0. The van der Waals surface area contributed by atoms with Gasteiger partial charge in [0.1, 0.15) is 10.7 Å². The highest BCUT2D eigenvalue weighted by atomic mass is 32.2. The van der Waals surface area contributed by atoms with Crippen LogP contribution in [0.5, 0.6) is 0 Å². The Kier molecular flexibility index (Phi) is 3.74. The fraction of sp³-hybridized carbons (Fsp3) is 0.222. The maximum absolute atomic E-state index is 11.9. The lowest BCUT2D eigenvalue weighted by Gasteiger charge is -2.04. The Bertz CT molecular complexity index is 651. The predicted octanol–water partition coefficient (Wildman–Crippen LogP) is -0.463. The van der Waals surface area contributed by atoms with Crippen LogP contribution in [0, 0.1) is 6.92 Å². The van der Waals surface area contributed by atoms with Gasteiger partial charge in [-0.15, -0.1) is 0 Å². The van der Waals surface area contributed by atoms with Crippen LogP contribution in [-0.2, 0) is 16.6 Å². The van der Waals surface area contributed by atoms with Gasteiger partial charge in [-0.05, 0) is 6.92 Å². The van der Waals surface area contributed by atoms with Crippen molar-refractivity contribution in [1.82, 2.24) is 19.7 Å². The molecule has 2 aromatic rings. The van der Waals surface area contributed by atoms with E-state index < -0.39 is 10.0 Å². The molecule has 9 nitrogen and oxygen atoms in total. The van der Waals surface area contributed by atoms with Gasteiger partial charge in [0.2, 0.25) is 21.9 Å². The number of hydrogen-bond acceptors (Lipinski definition) is 8. The number of rotatable bonds is 5. The smallest absolute Gasteiger partial charge is 0.244 e. The molecule has 0 fully saturated rings. The van der Waals surface area contributed by atoms with Crippen molar-refractivity contribution < 1.29 is 12.8 Å². The minimum atomic E-state index is -3.72. The molecule has 0 aliphatic rings. The molecule has 0 aromatic carbocycles. The summed E-state index contributed by atoms with van der Waals surface area (Å²) in [5.74, 6) is 6.10. The normalized spacial score (nSPS) is 11.5. The molecule has 2 heterocycles. The molecular weight excluding hydrogens is 272 g/mol. The molecule has 0 aliphatic carbocycles. The lowest BCUT2D eigenvalue weighted by atomic mass is 10.6. The Morgan fingerprint density at radius 1 is 1.26 bits per heavy atom. The first-order valence-corrected chi connectivity index (χ1v) is 6.69. The first-order chi connectivity index (χ1) is 9.01. The molecule has 0 aliphatic heterocycles. The van der Waals surface area contributed by atoms with E-state index in [0.717, 1.165) is 12.4 Å². The monoisotopic (exact) mass is 284 g/mol. The number of nitrogens with one attached hydrogen (secondary N) is 2. The Morgan fingerprint density at radius 2 is 1.95 bits per heavy atom. The minimum Gasteiger partial charge on any atom is -0.445 e. The largest absolute Gasteiger partial charge is 0.445 e. The molecule has 2 aromatic heterocycles. The first kappa shape index (κ1) is 13.4. The molecule has 0 spiro atoms. The number of nitrogen functional groups attached to an aromatic ring is 1. The molecule has 0 atom stereocenters. The van der Waals surface area contributed by atoms with Gasteiger partial charge in [-0.3, -0.25) is 5.43 Å². The van der Waals surface area contributed by atoms with Crippen LogP contribution >= 0.6 is 0 Å². The van der Waals surface area contributed by atoms with Crippen LogP contribution in [0.4, 0.5) is 5.95 Å². The number of nitrogens with two attached hydrogens (primary N) is 1. The molecular formula is C9H12N6O3S. The standard InChI is InChI=1S/C9H12N6O3S/c1-6-2-11-8(18-6)5-14-19(16,17)7-3-12-9(15-10)13-4-7/h2-4,14H,5,10H2,1H3,(H,12,13,15). The van der Waals surface area contributed by atoms with Crippen LogP contribution in [-0.4, -0.2) is 23.4 Å². The fourth-order valence-electron chi connectivity index (χ4n) is 1.25. The van der Waals surface area contributed by atoms with Gasteiger partial charge in [0.15, 0.2) is 0 Å². The zero-order valence-electron chi connectivity index (χ0n) is 9.99. The molecule has 0 bridgehead atoms. The van der Waals surface area contributed by atoms with Crippen molar-refractivity contribution in [2.24, 2.45) is 5.84 Å². The number of sulfonamides is 1. The van der Waals surface area contributed by atoms with E-state index in [4.69, 9.17) is 10.3 Å². The summed E-state index contributed by atoms with van der Waals surface area (Å²) >= 11 is 0. The van der Waals surface area contributed by atoms with E-state index in [0.29, 0.717) is 5.76 Å². The second-order valence-corrected chi connectivity index (χ2v) is 5.34. The predicted molar refractivity (Wildman–Crippen MR) is 65.1 cm³/mol. The molecule has 102 valence electrons. The highest BCUT2D eigenvalue weighted by molar-refractivity contribution is 7.89. The van der Waals surface area contributed by atoms with E-state index in [1.165, 1.54) is 6.20 Å². The van der Waals surface area contributed by atoms with Gasteiger partial charge in [-0.25, -0.2) is 33.9 Å². The molecule has 0 saturated heterocycles. The Morgan fingerprint density at radius 3 is 2.47 bits per heavy atom. The van der Waals surface area contributed by atoms with Crippen molar-refractivity contribution in [1.29, 1.82) is 0 Å². The molecule has 0 radical (unpaired) electrons. The Labute approximate surface area is 109 Å². The van der Waals surface area contributed by atoms with Crippen LogP contribution in [0.3, 0.4) is 0 Å². The average Bonchev–Trinajstić information content (AvgIpc) is 2.82. The summed E-state index contributed by atoms with van der Waals surface area (Å²) < 4.78 is 31.3. The number of aromatic nitrogens is 3. The quantitative estimate of drug-likeness (QED) is 0.495. The van der Waals surface area contributed by atoms with Gasteiger partial charge in [-0.2, -0.15) is 0 Å². The van der Waals surface area contributed by atoms with Crippen LogP contribution in [0.15, 0.2) is 27.9 Å². The summed E-state index contributed by atoms with van der Waals surface area (Å²) in [5.41, 5.74) is 2.20. The van der Waals surface area contributed by atoms with Crippen LogP contribution in [0.1, 0.15) is 11.7 Å². The maximum atomic E-state index is 11.9. The number of aryl methyl sites for hydroxylation is 1. The molecule has 0 saturated carbocycles. The summed E-state index contributed by atoms with van der Waals surface area (Å²) in [4.78, 5) is 11.2. The van der Waals surface area contributed by atoms with E-state index >= 15 is 0 Å². The lowest BCUT2D eigenvalue weighted by molar-refractivity contribution is 0.463. The van der Waals surface area contributed by atoms with Gasteiger partial charge in [-0.1, -0.05) is 0 Å². The van der Waals surface area contributed by atoms with Gasteiger partial charge >= 0.3 is 0 Å². The summed E-state index contributed by atoms with van der Waals surface area (Å²) in [6.07, 6.45) is 3.80. The van der Waals surface area contributed by atoms with Crippen molar-refractivity contribution in [3.05, 3.63) is 30.2 Å². The molecule has 0 amide bonds. The highest BCUT2D eigenvalue weighted by Gasteiger charge is 2.16. The van der Waals surface area contributed by atoms with Crippen molar-refractivity contribution in [3.8, 4) is 0 Å². The second-order valence-electron chi connectivity index (χ2n) is 3.58. The van der Waals surface area contributed by atoms with E-state index in [2.05, 4.69) is 25.1 Å². The van der Waals surface area contributed by atoms with E-state index in [9.17, 15) is 8.42 Å². The molecule has 4 N–H and O–H groups in total.